The van der Waals surface area contributed by atoms with Gasteiger partial charge in [0.1, 0.15) is 0 Å². The molecule has 5 unspecified atom stereocenters. The first-order valence-electron chi connectivity index (χ1n) is 30.7. The maximum Gasteiger partial charge on any atom is 0.0705 e. The van der Waals surface area contributed by atoms with Gasteiger partial charge in [0.15, 0.2) is 0 Å². The first kappa shape index (κ1) is 52.2. The van der Waals surface area contributed by atoms with Gasteiger partial charge in [-0.05, 0) is 271 Å². The summed E-state index contributed by atoms with van der Waals surface area (Å²) in [5.74, 6) is 15.5. The second kappa shape index (κ2) is 21.6. The molecule has 2 nitrogen and oxygen atoms in total. The van der Waals surface area contributed by atoms with Gasteiger partial charge in [0.05, 0.1) is 24.9 Å². The van der Waals surface area contributed by atoms with E-state index in [0.29, 0.717) is 17.4 Å². The molecule has 14 aliphatic carbocycles. The average molecular weight is 916 g/mol. The largest absolute Gasteiger partial charge is 0.378 e. The van der Waals surface area contributed by atoms with E-state index < -0.39 is 0 Å². The lowest BCUT2D eigenvalue weighted by Crippen LogP contribution is -2.48. The summed E-state index contributed by atoms with van der Waals surface area (Å²) in [7, 11) is 0. The highest BCUT2D eigenvalue weighted by atomic mass is 16.5. The zero-order valence-corrected chi connectivity index (χ0v) is 46.5. The van der Waals surface area contributed by atoms with E-state index in [4.69, 9.17) is 9.47 Å². The van der Waals surface area contributed by atoms with Crippen molar-refractivity contribution in [1.29, 1.82) is 0 Å². The van der Waals surface area contributed by atoms with Gasteiger partial charge in [0.25, 0.3) is 0 Å². The summed E-state index contributed by atoms with van der Waals surface area (Å²) in [5.41, 5.74) is 3.20. The molecule has 0 N–H and O–H groups in total. The van der Waals surface area contributed by atoms with E-state index in [2.05, 4.69) is 83.1 Å². The molecule has 0 amide bonds. The Bertz CT molecular complexity index is 1290. The monoisotopic (exact) mass is 915 g/mol. The van der Waals surface area contributed by atoms with Gasteiger partial charge in [0.2, 0.25) is 0 Å². The fourth-order valence-corrected chi connectivity index (χ4v) is 19.0. The number of hydrogen-bond acceptors (Lipinski definition) is 2. The second-order valence-electron chi connectivity index (χ2n) is 29.3. The van der Waals surface area contributed by atoms with Crippen molar-refractivity contribution in [2.75, 3.05) is 13.2 Å². The molecule has 0 spiro atoms. The van der Waals surface area contributed by atoms with Crippen molar-refractivity contribution in [3.63, 3.8) is 0 Å². The van der Waals surface area contributed by atoms with Crippen LogP contribution in [0.15, 0.2) is 0 Å². The second-order valence-corrected chi connectivity index (χ2v) is 29.3. The lowest BCUT2D eigenvalue weighted by molar-refractivity contribution is -0.167. The SMILES string of the molecule is CC(C)C12CCC(CC1)CC2.CC(C)C12CCC(CC1)CO2.CC(C)C12CCC(CC1)OC2.CC(C)C12CCCC(CC1)C2.CC(C)C12CCCC(CC1)CC2.CC(C)C1C2CC3C(C2)C31. The van der Waals surface area contributed by atoms with Gasteiger partial charge in [-0.1, -0.05) is 109 Å². The number of ether oxygens (including phenoxy) is 2. The third kappa shape index (κ3) is 11.1. The Morgan fingerprint density at radius 1 is 0.394 bits per heavy atom. The molecule has 0 radical (unpaired) electrons. The van der Waals surface area contributed by atoms with Crippen molar-refractivity contribution in [2.24, 2.45) is 110 Å². The molecule has 0 aromatic carbocycles. The third-order valence-corrected chi connectivity index (χ3v) is 24.9. The number of fused-ring (bicyclic) bond motifs is 15. The molecule has 14 bridgehead atoms. The molecule has 14 saturated carbocycles. The molecule has 0 aromatic rings. The predicted octanol–water partition coefficient (Wildman–Crippen LogP) is 19.0. The van der Waals surface area contributed by atoms with Crippen molar-refractivity contribution in [1.82, 2.24) is 0 Å². The van der Waals surface area contributed by atoms with Gasteiger partial charge in [0, 0.05) is 0 Å². The van der Waals surface area contributed by atoms with Crippen LogP contribution in [0.1, 0.15) is 269 Å². The van der Waals surface area contributed by atoms with E-state index in [0.717, 1.165) is 88.6 Å². The van der Waals surface area contributed by atoms with Gasteiger partial charge in [-0.25, -0.2) is 0 Å². The Balaban J connectivity index is 0.000000108. The Hall–Kier alpha value is -0.0800. The predicted molar refractivity (Wildman–Crippen MR) is 282 cm³/mol. The van der Waals surface area contributed by atoms with Crippen molar-refractivity contribution in [3.8, 4) is 0 Å². The lowest BCUT2D eigenvalue weighted by atomic mass is 9.56. The standard InChI is InChI=1S/C12H22.2C11H20.2C10H18O.C10H16/c1-10(2)12-7-3-4-11(5-8-12)6-9-12;1-9(2)11-6-3-10(4-7-11)5-8-11;1-9(2)11-6-3-4-10(8-11)5-7-11;1-8(2)10-5-3-9(4-6-10)11-7-10;1-8(2)10-5-3-9(4-6-10)7-11-10;1-5(2)9-6-3-7-8(4-6)10(7)9/h10-11H,3-9H2,1-2H3;2*9-10H,3-8H2,1-2H3;2*8-9H,3-7H2,1-2H3;5-10H,3-4H2,1-2H3. The van der Waals surface area contributed by atoms with Crippen LogP contribution in [0.3, 0.4) is 0 Å². The minimum absolute atomic E-state index is 0.286. The first-order chi connectivity index (χ1) is 31.4. The van der Waals surface area contributed by atoms with E-state index in [1.54, 1.807) is 19.3 Å². The summed E-state index contributed by atoms with van der Waals surface area (Å²) < 4.78 is 11.7. The Labute approximate surface area is 412 Å². The number of hydrogen-bond donors (Lipinski definition) is 0. The molecule has 4 heterocycles. The quantitative estimate of drug-likeness (QED) is 0.264. The highest BCUT2D eigenvalue weighted by molar-refractivity contribution is 5.16. The molecule has 5 atom stereocenters. The van der Waals surface area contributed by atoms with E-state index >= 15 is 0 Å². The van der Waals surface area contributed by atoms with Gasteiger partial charge in [-0.2, -0.15) is 0 Å². The Morgan fingerprint density at radius 3 is 1.15 bits per heavy atom. The molecule has 382 valence electrons. The molecule has 18 fully saturated rings. The van der Waals surface area contributed by atoms with E-state index in [-0.39, 0.29) is 5.60 Å². The highest BCUT2D eigenvalue weighted by Crippen LogP contribution is 2.74. The normalized spacial score (nSPS) is 45.9. The zero-order chi connectivity index (χ0) is 47.1. The summed E-state index contributed by atoms with van der Waals surface area (Å²) >= 11 is 0. The Kier molecular flexibility index (Phi) is 17.1. The maximum absolute atomic E-state index is 5.93. The molecule has 4 aliphatic heterocycles. The Morgan fingerprint density at radius 2 is 0.818 bits per heavy atom. The molecule has 0 aromatic heterocycles. The van der Waals surface area contributed by atoms with Gasteiger partial charge in [-0.15, -0.1) is 0 Å². The molecule has 66 heavy (non-hydrogen) atoms. The van der Waals surface area contributed by atoms with Gasteiger partial charge < -0.3 is 9.47 Å². The van der Waals surface area contributed by atoms with E-state index in [1.165, 1.54) is 191 Å². The molecule has 18 rings (SSSR count). The molecule has 4 saturated heterocycles. The fourth-order valence-electron chi connectivity index (χ4n) is 19.0. The number of rotatable bonds is 6. The van der Waals surface area contributed by atoms with E-state index in [9.17, 15) is 0 Å². The molecule has 18 aliphatic rings. The van der Waals surface area contributed by atoms with Gasteiger partial charge in [-0.3, -0.25) is 0 Å². The molecular weight excluding hydrogens is 801 g/mol. The van der Waals surface area contributed by atoms with Crippen LogP contribution in [-0.4, -0.2) is 24.9 Å². The van der Waals surface area contributed by atoms with Crippen LogP contribution in [0.5, 0.6) is 0 Å². The molecule has 2 heteroatoms. The minimum atomic E-state index is 0.286. The smallest absolute Gasteiger partial charge is 0.0705 e. The average Bonchev–Trinajstić information content (AvgIpc) is 3.58. The van der Waals surface area contributed by atoms with Crippen LogP contribution < -0.4 is 0 Å². The van der Waals surface area contributed by atoms with Crippen LogP contribution in [-0.2, 0) is 9.47 Å². The topological polar surface area (TPSA) is 18.5 Å². The fraction of sp³-hybridized carbons (Fsp3) is 1.00. The van der Waals surface area contributed by atoms with Crippen LogP contribution in [0.4, 0.5) is 0 Å². The van der Waals surface area contributed by atoms with Crippen LogP contribution in [0.25, 0.3) is 0 Å². The van der Waals surface area contributed by atoms with Crippen molar-refractivity contribution in [2.45, 2.75) is 281 Å². The van der Waals surface area contributed by atoms with Crippen LogP contribution >= 0.6 is 0 Å². The highest BCUT2D eigenvalue weighted by Gasteiger charge is 2.68. The summed E-state index contributed by atoms with van der Waals surface area (Å²) in [5, 5.41) is 0. The molecular formula is C64H114O2. The zero-order valence-electron chi connectivity index (χ0n) is 46.5. The van der Waals surface area contributed by atoms with Crippen molar-refractivity contribution in [3.05, 3.63) is 0 Å². The summed E-state index contributed by atoms with van der Waals surface area (Å²) in [6.07, 6.45) is 43.9. The third-order valence-electron chi connectivity index (χ3n) is 24.9. The minimum Gasteiger partial charge on any atom is -0.378 e. The summed E-state index contributed by atoms with van der Waals surface area (Å²) in [6.45, 7) is 30.8. The maximum atomic E-state index is 5.93. The summed E-state index contributed by atoms with van der Waals surface area (Å²) in [4.78, 5) is 0. The van der Waals surface area contributed by atoms with Gasteiger partial charge >= 0.3 is 0 Å². The van der Waals surface area contributed by atoms with Crippen LogP contribution in [0.2, 0.25) is 0 Å². The first-order valence-corrected chi connectivity index (χ1v) is 30.7. The van der Waals surface area contributed by atoms with Crippen molar-refractivity contribution >= 4 is 0 Å². The summed E-state index contributed by atoms with van der Waals surface area (Å²) in [6, 6.07) is 0. The van der Waals surface area contributed by atoms with Crippen molar-refractivity contribution < 1.29 is 9.47 Å². The van der Waals surface area contributed by atoms with E-state index in [1.807, 2.05) is 0 Å². The van der Waals surface area contributed by atoms with Crippen LogP contribution in [0, 0.1) is 110 Å². The lowest BCUT2D eigenvalue weighted by Gasteiger charge is -2.49.